The van der Waals surface area contributed by atoms with Gasteiger partial charge in [-0.3, -0.25) is 4.90 Å². The lowest BCUT2D eigenvalue weighted by Crippen LogP contribution is -2.44. The van der Waals surface area contributed by atoms with E-state index in [2.05, 4.69) is 133 Å². The van der Waals surface area contributed by atoms with Gasteiger partial charge < -0.3 is 4.90 Å². The topological polar surface area (TPSA) is 6.48 Å². The standard InChI is InChI=1S/C28H42N2P/c1-20(2)29(21(3)4)26-27(30(22(5)6)23(7)8)28(26)31(9,24-16-12-10-13-17-24)25-18-14-11-15-19-25/h10-23,26H,1-9H3/q+1. The molecular formula is C28H42N2P+. The summed E-state index contributed by atoms with van der Waals surface area (Å²) in [6.45, 7) is 21.3. The quantitative estimate of drug-likeness (QED) is 0.436. The van der Waals surface area contributed by atoms with Crippen LogP contribution < -0.4 is 10.6 Å². The van der Waals surface area contributed by atoms with Gasteiger partial charge in [-0.1, -0.05) is 36.4 Å². The van der Waals surface area contributed by atoms with Crippen LogP contribution in [0.5, 0.6) is 0 Å². The lowest BCUT2D eigenvalue weighted by Gasteiger charge is -2.36. The number of benzene rings is 2. The van der Waals surface area contributed by atoms with Crippen molar-refractivity contribution in [1.29, 1.82) is 0 Å². The molecule has 0 saturated heterocycles. The van der Waals surface area contributed by atoms with Crippen molar-refractivity contribution < 1.29 is 0 Å². The fraction of sp³-hybridized carbons (Fsp3) is 0.500. The van der Waals surface area contributed by atoms with Crippen LogP contribution in [0.1, 0.15) is 55.4 Å². The van der Waals surface area contributed by atoms with Crippen LogP contribution in [0.4, 0.5) is 0 Å². The monoisotopic (exact) mass is 437 g/mol. The third-order valence-electron chi connectivity index (χ3n) is 6.61. The van der Waals surface area contributed by atoms with E-state index in [1.54, 1.807) is 11.0 Å². The second-order valence-corrected chi connectivity index (χ2v) is 13.6. The molecule has 3 rings (SSSR count). The first kappa shape index (κ1) is 24.0. The normalized spacial score (nSPS) is 16.9. The summed E-state index contributed by atoms with van der Waals surface area (Å²) in [6, 6.07) is 24.9. The maximum Gasteiger partial charge on any atom is 0.126 e. The molecule has 1 aliphatic rings. The van der Waals surface area contributed by atoms with Gasteiger partial charge in [0.15, 0.2) is 0 Å². The molecule has 1 atom stereocenters. The van der Waals surface area contributed by atoms with Gasteiger partial charge in [-0.25, -0.2) is 0 Å². The van der Waals surface area contributed by atoms with Gasteiger partial charge in [0.1, 0.15) is 29.2 Å². The molecule has 2 nitrogen and oxygen atoms in total. The zero-order chi connectivity index (χ0) is 22.9. The van der Waals surface area contributed by atoms with Crippen LogP contribution in [0.3, 0.4) is 0 Å². The lowest BCUT2D eigenvalue weighted by molar-refractivity contribution is 0.145. The van der Waals surface area contributed by atoms with Gasteiger partial charge in [-0.05, 0) is 79.7 Å². The fourth-order valence-corrected chi connectivity index (χ4v) is 9.21. The van der Waals surface area contributed by atoms with Crippen molar-refractivity contribution in [1.82, 2.24) is 9.80 Å². The van der Waals surface area contributed by atoms with Crippen LogP contribution in [0.2, 0.25) is 0 Å². The van der Waals surface area contributed by atoms with E-state index >= 15 is 0 Å². The van der Waals surface area contributed by atoms with Gasteiger partial charge in [0.05, 0.1) is 12.4 Å². The predicted molar refractivity (Wildman–Crippen MR) is 140 cm³/mol. The molecule has 0 heterocycles. The Bertz CT molecular complexity index is 828. The molecule has 0 radical (unpaired) electrons. The Morgan fingerprint density at radius 3 is 1.32 bits per heavy atom. The smallest absolute Gasteiger partial charge is 0.126 e. The molecule has 0 aromatic heterocycles. The van der Waals surface area contributed by atoms with Gasteiger partial charge in [-0.2, -0.15) is 0 Å². The van der Waals surface area contributed by atoms with Crippen molar-refractivity contribution in [2.45, 2.75) is 85.6 Å². The predicted octanol–water partition coefficient (Wildman–Crippen LogP) is 6.12. The Kier molecular flexibility index (Phi) is 7.34. The summed E-state index contributed by atoms with van der Waals surface area (Å²) in [5.41, 5.74) is 1.58. The molecule has 0 spiro atoms. The molecule has 0 amide bonds. The third-order valence-corrected chi connectivity index (χ3v) is 10.7. The molecule has 31 heavy (non-hydrogen) atoms. The molecule has 0 saturated carbocycles. The minimum absolute atomic E-state index is 0.420. The number of hydrogen-bond acceptors (Lipinski definition) is 2. The first-order chi connectivity index (χ1) is 14.6. The summed E-state index contributed by atoms with van der Waals surface area (Å²) in [6.07, 6.45) is 0. The Balaban J connectivity index is 2.27. The van der Waals surface area contributed by atoms with Gasteiger partial charge >= 0.3 is 0 Å². The van der Waals surface area contributed by atoms with E-state index in [1.165, 1.54) is 10.6 Å². The average Bonchev–Trinajstić information content (AvgIpc) is 3.41. The highest BCUT2D eigenvalue weighted by Gasteiger charge is 2.62. The first-order valence-electron chi connectivity index (χ1n) is 11.9. The van der Waals surface area contributed by atoms with E-state index in [-0.39, 0.29) is 0 Å². The van der Waals surface area contributed by atoms with E-state index in [0.29, 0.717) is 30.2 Å². The molecule has 0 bridgehead atoms. The summed E-state index contributed by atoms with van der Waals surface area (Å²) in [4.78, 5) is 5.41. The largest absolute Gasteiger partial charge is 0.365 e. The molecule has 3 heteroatoms. The van der Waals surface area contributed by atoms with Gasteiger partial charge in [0, 0.05) is 24.2 Å². The molecule has 0 aliphatic heterocycles. The highest BCUT2D eigenvalue weighted by atomic mass is 31.2. The van der Waals surface area contributed by atoms with Crippen LogP contribution in [0.15, 0.2) is 71.7 Å². The summed E-state index contributed by atoms with van der Waals surface area (Å²) >= 11 is 0. The average molecular weight is 438 g/mol. The summed E-state index contributed by atoms with van der Waals surface area (Å²) in [5.74, 6) is 0. The van der Waals surface area contributed by atoms with Crippen LogP contribution >= 0.6 is 7.26 Å². The minimum atomic E-state index is -1.72. The Morgan fingerprint density at radius 1 is 0.613 bits per heavy atom. The molecular weight excluding hydrogens is 395 g/mol. The zero-order valence-corrected chi connectivity index (χ0v) is 21.9. The first-order valence-corrected chi connectivity index (χ1v) is 14.1. The molecule has 1 unspecified atom stereocenters. The summed E-state index contributed by atoms with van der Waals surface area (Å²) in [5, 5.41) is 4.64. The third kappa shape index (κ3) is 4.48. The Hall–Kier alpha value is -1.63. The van der Waals surface area contributed by atoms with Gasteiger partial charge in [-0.15, -0.1) is 0 Å². The van der Waals surface area contributed by atoms with E-state index in [9.17, 15) is 0 Å². The molecule has 2 aromatic carbocycles. The van der Waals surface area contributed by atoms with Crippen LogP contribution in [-0.4, -0.2) is 46.7 Å². The second-order valence-electron chi connectivity index (χ2n) is 10.1. The molecule has 0 N–H and O–H groups in total. The van der Waals surface area contributed by atoms with Crippen LogP contribution in [0, 0.1) is 0 Å². The fourth-order valence-electron chi connectivity index (χ4n) is 5.44. The Labute approximate surface area is 191 Å². The summed E-state index contributed by atoms with van der Waals surface area (Å²) < 4.78 is 0. The van der Waals surface area contributed by atoms with Crippen molar-refractivity contribution in [3.8, 4) is 0 Å². The molecule has 168 valence electrons. The van der Waals surface area contributed by atoms with Crippen molar-refractivity contribution >= 4 is 17.9 Å². The minimum Gasteiger partial charge on any atom is -0.365 e. The van der Waals surface area contributed by atoms with E-state index in [1.807, 2.05) is 0 Å². The Morgan fingerprint density at radius 2 is 1.00 bits per heavy atom. The number of rotatable bonds is 9. The van der Waals surface area contributed by atoms with E-state index < -0.39 is 7.26 Å². The number of nitrogens with zero attached hydrogens (tertiary/aromatic N) is 2. The summed E-state index contributed by atoms with van der Waals surface area (Å²) in [7, 11) is -1.72. The molecule has 1 aliphatic carbocycles. The molecule has 0 fully saturated rings. The van der Waals surface area contributed by atoms with Crippen molar-refractivity contribution in [2.24, 2.45) is 0 Å². The molecule has 2 aromatic rings. The van der Waals surface area contributed by atoms with Gasteiger partial charge in [0.2, 0.25) is 0 Å². The zero-order valence-electron chi connectivity index (χ0n) is 21.0. The maximum atomic E-state index is 2.73. The van der Waals surface area contributed by atoms with Crippen LogP contribution in [0.25, 0.3) is 0 Å². The SMILES string of the molecule is CC(C)N(C1=C([P+](C)(c2ccccc2)c2ccccc2)C1N(C(C)C)C(C)C)C(C)C. The van der Waals surface area contributed by atoms with Crippen LogP contribution in [-0.2, 0) is 0 Å². The van der Waals surface area contributed by atoms with Gasteiger partial charge in [0.25, 0.3) is 0 Å². The van der Waals surface area contributed by atoms with Crippen molar-refractivity contribution in [3.63, 3.8) is 0 Å². The number of hydrogen-bond donors (Lipinski definition) is 0. The lowest BCUT2D eigenvalue weighted by atomic mass is 10.2. The van der Waals surface area contributed by atoms with Crippen molar-refractivity contribution in [2.75, 3.05) is 6.66 Å². The highest BCUT2D eigenvalue weighted by molar-refractivity contribution is 7.92. The maximum absolute atomic E-state index is 2.73. The van der Waals surface area contributed by atoms with E-state index in [4.69, 9.17) is 0 Å². The highest BCUT2D eigenvalue weighted by Crippen LogP contribution is 2.71. The van der Waals surface area contributed by atoms with E-state index in [0.717, 1.165) is 0 Å². The van der Waals surface area contributed by atoms with Crippen molar-refractivity contribution in [3.05, 3.63) is 71.7 Å². The second kappa shape index (κ2) is 9.47.